The second-order valence-electron chi connectivity index (χ2n) is 3.56. The molecular weight excluding hydrogens is 212 g/mol. The molecule has 1 aromatic rings. The first-order valence-electron chi connectivity index (χ1n) is 5.10. The first-order chi connectivity index (χ1) is 7.13. The lowest BCUT2D eigenvalue weighted by Gasteiger charge is -2.15. The summed E-state index contributed by atoms with van der Waals surface area (Å²) in [5.41, 5.74) is 1.95. The average Bonchev–Trinajstić information content (AvgIpc) is 2.20. The van der Waals surface area contributed by atoms with E-state index in [1.807, 2.05) is 26.8 Å². The molecular formula is C11H17ClN2O. The van der Waals surface area contributed by atoms with Crippen LogP contribution < -0.4 is 5.32 Å². The smallest absolute Gasteiger partial charge is 0.152 e. The summed E-state index contributed by atoms with van der Waals surface area (Å²) in [6.45, 7) is 7.41. The molecule has 0 fully saturated rings. The Bertz CT molecular complexity index is 317. The van der Waals surface area contributed by atoms with E-state index in [4.69, 9.17) is 16.3 Å². The van der Waals surface area contributed by atoms with Gasteiger partial charge in [-0.15, -0.1) is 0 Å². The molecule has 1 atom stereocenters. The Balaban J connectivity index is 2.59. The monoisotopic (exact) mass is 228 g/mol. The summed E-state index contributed by atoms with van der Waals surface area (Å²) in [7, 11) is 0. The predicted molar refractivity (Wildman–Crippen MR) is 63.6 cm³/mol. The largest absolute Gasteiger partial charge is 0.380 e. The third-order valence-electron chi connectivity index (χ3n) is 1.95. The van der Waals surface area contributed by atoms with Gasteiger partial charge < -0.3 is 10.1 Å². The van der Waals surface area contributed by atoms with E-state index in [9.17, 15) is 0 Å². The minimum Gasteiger partial charge on any atom is -0.380 e. The molecule has 1 aromatic heterocycles. The number of rotatable bonds is 5. The zero-order chi connectivity index (χ0) is 11.3. The number of anilines is 1. The topological polar surface area (TPSA) is 34.1 Å². The maximum atomic E-state index is 5.96. The molecule has 1 heterocycles. The lowest BCUT2D eigenvalue weighted by Crippen LogP contribution is -2.22. The number of aromatic nitrogens is 1. The number of halogens is 1. The molecule has 1 rings (SSSR count). The van der Waals surface area contributed by atoms with E-state index in [0.29, 0.717) is 11.8 Å². The Labute approximate surface area is 95.8 Å². The first-order valence-corrected chi connectivity index (χ1v) is 5.47. The quantitative estimate of drug-likeness (QED) is 0.787. The summed E-state index contributed by atoms with van der Waals surface area (Å²) in [5.74, 6) is 0. The summed E-state index contributed by atoms with van der Waals surface area (Å²) in [6, 6.07) is 2.21. The van der Waals surface area contributed by atoms with Gasteiger partial charge in [-0.3, -0.25) is 0 Å². The van der Waals surface area contributed by atoms with Crippen LogP contribution in [-0.4, -0.2) is 24.2 Å². The van der Waals surface area contributed by atoms with Crippen molar-refractivity contribution in [3.63, 3.8) is 0 Å². The molecule has 0 aliphatic heterocycles. The van der Waals surface area contributed by atoms with Gasteiger partial charge in [0.05, 0.1) is 12.3 Å². The normalized spacial score (nSPS) is 12.5. The predicted octanol–water partition coefficient (Wildman–Crippen LogP) is 2.88. The number of nitrogens with one attached hydrogen (secondary N) is 1. The van der Waals surface area contributed by atoms with Crippen molar-refractivity contribution in [2.45, 2.75) is 26.8 Å². The van der Waals surface area contributed by atoms with Gasteiger partial charge in [-0.1, -0.05) is 11.6 Å². The first kappa shape index (κ1) is 12.3. The Hall–Kier alpha value is -0.800. The van der Waals surface area contributed by atoms with Crippen molar-refractivity contribution in [2.24, 2.45) is 0 Å². The average molecular weight is 229 g/mol. The van der Waals surface area contributed by atoms with Crippen molar-refractivity contribution < 1.29 is 4.74 Å². The van der Waals surface area contributed by atoms with Crippen molar-refractivity contribution in [3.05, 3.63) is 23.0 Å². The highest BCUT2D eigenvalue weighted by Crippen LogP contribution is 2.20. The number of hydrogen-bond donors (Lipinski definition) is 1. The van der Waals surface area contributed by atoms with Gasteiger partial charge in [-0.05, 0) is 32.4 Å². The van der Waals surface area contributed by atoms with E-state index in [2.05, 4.69) is 10.3 Å². The molecule has 3 nitrogen and oxygen atoms in total. The van der Waals surface area contributed by atoms with Crippen LogP contribution in [-0.2, 0) is 4.74 Å². The summed E-state index contributed by atoms with van der Waals surface area (Å²) >= 11 is 5.96. The Kier molecular flexibility index (Phi) is 4.85. The van der Waals surface area contributed by atoms with E-state index in [1.54, 1.807) is 6.20 Å². The number of aryl methyl sites for hydroxylation is 1. The maximum Gasteiger partial charge on any atom is 0.152 e. The third kappa shape index (κ3) is 4.06. The van der Waals surface area contributed by atoms with Crippen LogP contribution in [0.1, 0.15) is 19.4 Å². The van der Waals surface area contributed by atoms with Crippen LogP contribution in [0.25, 0.3) is 0 Å². The van der Waals surface area contributed by atoms with Crippen molar-refractivity contribution >= 4 is 17.3 Å². The van der Waals surface area contributed by atoms with E-state index in [1.165, 1.54) is 0 Å². The Morgan fingerprint density at radius 3 is 3.00 bits per heavy atom. The van der Waals surface area contributed by atoms with Gasteiger partial charge in [-0.25, -0.2) is 4.98 Å². The molecule has 0 aliphatic carbocycles. The van der Waals surface area contributed by atoms with E-state index in [0.717, 1.165) is 17.9 Å². The van der Waals surface area contributed by atoms with Gasteiger partial charge in [0.25, 0.3) is 0 Å². The molecule has 0 amide bonds. The van der Waals surface area contributed by atoms with Gasteiger partial charge >= 0.3 is 0 Å². The number of nitrogens with zero attached hydrogens (tertiary/aromatic N) is 1. The molecule has 0 saturated carbocycles. The van der Waals surface area contributed by atoms with Gasteiger partial charge in [0, 0.05) is 18.8 Å². The van der Waals surface area contributed by atoms with Gasteiger partial charge in [0.15, 0.2) is 5.15 Å². The number of hydrogen-bond acceptors (Lipinski definition) is 3. The van der Waals surface area contributed by atoms with Crippen LogP contribution in [0.2, 0.25) is 5.15 Å². The fourth-order valence-electron chi connectivity index (χ4n) is 1.26. The Morgan fingerprint density at radius 1 is 1.60 bits per heavy atom. The van der Waals surface area contributed by atoms with E-state index >= 15 is 0 Å². The lowest BCUT2D eigenvalue weighted by molar-refractivity contribution is 0.141. The van der Waals surface area contributed by atoms with Crippen LogP contribution in [0.4, 0.5) is 5.69 Å². The highest BCUT2D eigenvalue weighted by molar-refractivity contribution is 6.31. The standard InChI is InChI=1S/C11H17ClN2O/c1-4-15-7-9(3)14-10-5-8(2)6-13-11(10)12/h5-6,9,14H,4,7H2,1-3H3. The maximum absolute atomic E-state index is 5.96. The molecule has 0 radical (unpaired) electrons. The van der Waals surface area contributed by atoms with Crippen molar-refractivity contribution in [2.75, 3.05) is 18.5 Å². The van der Waals surface area contributed by atoms with Gasteiger partial charge in [-0.2, -0.15) is 0 Å². The minimum atomic E-state index is 0.228. The fourth-order valence-corrected chi connectivity index (χ4v) is 1.41. The zero-order valence-corrected chi connectivity index (χ0v) is 10.1. The fraction of sp³-hybridized carbons (Fsp3) is 0.545. The summed E-state index contributed by atoms with van der Waals surface area (Å²) in [6.07, 6.45) is 1.75. The molecule has 0 aromatic carbocycles. The molecule has 15 heavy (non-hydrogen) atoms. The number of ether oxygens (including phenoxy) is 1. The highest BCUT2D eigenvalue weighted by Gasteiger charge is 2.06. The van der Waals surface area contributed by atoms with Crippen LogP contribution in [0.3, 0.4) is 0 Å². The summed E-state index contributed by atoms with van der Waals surface area (Å²) in [4.78, 5) is 4.07. The second-order valence-corrected chi connectivity index (χ2v) is 3.91. The minimum absolute atomic E-state index is 0.228. The molecule has 1 unspecified atom stereocenters. The van der Waals surface area contributed by atoms with Gasteiger partial charge in [0.2, 0.25) is 0 Å². The highest BCUT2D eigenvalue weighted by atomic mass is 35.5. The number of pyridine rings is 1. The Morgan fingerprint density at radius 2 is 2.33 bits per heavy atom. The van der Waals surface area contributed by atoms with E-state index in [-0.39, 0.29) is 6.04 Å². The molecule has 0 aliphatic rings. The van der Waals surface area contributed by atoms with Crippen LogP contribution in [0, 0.1) is 6.92 Å². The molecule has 0 spiro atoms. The molecule has 0 bridgehead atoms. The van der Waals surface area contributed by atoms with Crippen LogP contribution >= 0.6 is 11.6 Å². The lowest BCUT2D eigenvalue weighted by atomic mass is 10.2. The molecule has 84 valence electrons. The van der Waals surface area contributed by atoms with E-state index < -0.39 is 0 Å². The van der Waals surface area contributed by atoms with Crippen molar-refractivity contribution in [3.8, 4) is 0 Å². The molecule has 0 saturated heterocycles. The van der Waals surface area contributed by atoms with Crippen molar-refractivity contribution in [1.29, 1.82) is 0 Å². The molecule has 4 heteroatoms. The molecule has 1 N–H and O–H groups in total. The third-order valence-corrected chi connectivity index (χ3v) is 2.25. The second kappa shape index (κ2) is 5.93. The zero-order valence-electron chi connectivity index (χ0n) is 9.38. The SMILES string of the molecule is CCOCC(C)Nc1cc(C)cnc1Cl. The van der Waals surface area contributed by atoms with Crippen molar-refractivity contribution in [1.82, 2.24) is 4.98 Å². The summed E-state index contributed by atoms with van der Waals surface area (Å²) in [5, 5.41) is 3.77. The van der Waals surface area contributed by atoms with Gasteiger partial charge in [0.1, 0.15) is 0 Å². The summed E-state index contributed by atoms with van der Waals surface area (Å²) < 4.78 is 5.31. The van der Waals surface area contributed by atoms with Crippen LogP contribution in [0.15, 0.2) is 12.3 Å². The van der Waals surface area contributed by atoms with Crippen LogP contribution in [0.5, 0.6) is 0 Å².